The Labute approximate surface area is 118 Å². The van der Waals surface area contributed by atoms with Gasteiger partial charge in [0.2, 0.25) is 0 Å². The molecule has 0 saturated heterocycles. The van der Waals surface area contributed by atoms with Crippen LogP contribution in [0.2, 0.25) is 0 Å². The SMILES string of the molecule is Cc1nc(N2CCc3ccccc3C2)sc1CCN. The van der Waals surface area contributed by atoms with Crippen LogP contribution in [0, 0.1) is 6.92 Å². The van der Waals surface area contributed by atoms with Crippen molar-refractivity contribution in [1.82, 2.24) is 4.98 Å². The molecule has 0 radical (unpaired) electrons. The number of nitrogens with zero attached hydrogens (tertiary/aromatic N) is 2. The molecule has 0 fully saturated rings. The summed E-state index contributed by atoms with van der Waals surface area (Å²) in [4.78, 5) is 8.43. The fourth-order valence-electron chi connectivity index (χ4n) is 2.57. The lowest BCUT2D eigenvalue weighted by Gasteiger charge is -2.28. The molecule has 0 amide bonds. The van der Waals surface area contributed by atoms with E-state index in [0.717, 1.165) is 36.8 Å². The van der Waals surface area contributed by atoms with E-state index in [1.54, 1.807) is 11.3 Å². The van der Waals surface area contributed by atoms with Crippen LogP contribution >= 0.6 is 11.3 Å². The Kier molecular flexibility index (Phi) is 3.53. The maximum Gasteiger partial charge on any atom is 0.186 e. The van der Waals surface area contributed by atoms with Gasteiger partial charge in [-0.2, -0.15) is 0 Å². The van der Waals surface area contributed by atoms with E-state index in [1.807, 2.05) is 0 Å². The van der Waals surface area contributed by atoms with Crippen molar-refractivity contribution < 1.29 is 0 Å². The average molecular weight is 273 g/mol. The lowest BCUT2D eigenvalue weighted by atomic mass is 10.0. The maximum atomic E-state index is 5.65. The molecule has 19 heavy (non-hydrogen) atoms. The number of benzene rings is 1. The zero-order valence-corrected chi connectivity index (χ0v) is 12.0. The van der Waals surface area contributed by atoms with Gasteiger partial charge in [0.05, 0.1) is 5.69 Å². The summed E-state index contributed by atoms with van der Waals surface area (Å²) in [5, 5.41) is 1.15. The number of thiazole rings is 1. The molecule has 2 N–H and O–H groups in total. The maximum absolute atomic E-state index is 5.65. The van der Waals surface area contributed by atoms with Crippen LogP contribution < -0.4 is 10.6 Å². The van der Waals surface area contributed by atoms with E-state index in [1.165, 1.54) is 16.0 Å². The third-order valence-electron chi connectivity index (χ3n) is 3.65. The Balaban J connectivity index is 1.83. The molecule has 1 aromatic carbocycles. The molecule has 1 aliphatic rings. The lowest BCUT2D eigenvalue weighted by molar-refractivity contribution is 0.728. The second kappa shape index (κ2) is 5.31. The van der Waals surface area contributed by atoms with E-state index in [4.69, 9.17) is 10.7 Å². The molecule has 1 aromatic heterocycles. The average Bonchev–Trinajstić information content (AvgIpc) is 2.80. The summed E-state index contributed by atoms with van der Waals surface area (Å²) in [6.07, 6.45) is 2.05. The van der Waals surface area contributed by atoms with Crippen LogP contribution in [0.25, 0.3) is 0 Å². The first-order valence-electron chi connectivity index (χ1n) is 6.76. The predicted molar refractivity (Wildman–Crippen MR) is 80.8 cm³/mol. The molecule has 0 atom stereocenters. The minimum Gasteiger partial charge on any atom is -0.343 e. The number of hydrogen-bond acceptors (Lipinski definition) is 4. The number of rotatable bonds is 3. The van der Waals surface area contributed by atoms with Gasteiger partial charge >= 0.3 is 0 Å². The first-order valence-corrected chi connectivity index (χ1v) is 7.57. The summed E-state index contributed by atoms with van der Waals surface area (Å²) >= 11 is 1.80. The topological polar surface area (TPSA) is 42.2 Å². The Bertz CT molecular complexity index is 577. The standard InChI is InChI=1S/C15H19N3S/c1-11-14(6-8-16)19-15(17-11)18-9-7-12-4-2-3-5-13(12)10-18/h2-5H,6-10,16H2,1H3. The highest BCUT2D eigenvalue weighted by molar-refractivity contribution is 7.15. The van der Waals surface area contributed by atoms with Gasteiger partial charge in [0, 0.05) is 18.0 Å². The van der Waals surface area contributed by atoms with Crippen LogP contribution in [0.4, 0.5) is 5.13 Å². The van der Waals surface area contributed by atoms with Crippen LogP contribution in [0.3, 0.4) is 0 Å². The van der Waals surface area contributed by atoms with E-state index in [2.05, 4.69) is 36.1 Å². The van der Waals surface area contributed by atoms with Crippen LogP contribution in [-0.4, -0.2) is 18.1 Å². The number of hydrogen-bond donors (Lipinski definition) is 1. The Morgan fingerprint density at radius 2 is 2.11 bits per heavy atom. The Morgan fingerprint density at radius 3 is 2.89 bits per heavy atom. The smallest absolute Gasteiger partial charge is 0.186 e. The van der Waals surface area contributed by atoms with E-state index in [-0.39, 0.29) is 0 Å². The second-order valence-electron chi connectivity index (χ2n) is 4.98. The molecule has 0 aliphatic carbocycles. The minimum absolute atomic E-state index is 0.700. The van der Waals surface area contributed by atoms with Gasteiger partial charge in [0.25, 0.3) is 0 Å². The van der Waals surface area contributed by atoms with Crippen LogP contribution in [0.5, 0.6) is 0 Å². The third-order valence-corrected chi connectivity index (χ3v) is 4.93. The zero-order valence-electron chi connectivity index (χ0n) is 11.2. The number of fused-ring (bicyclic) bond motifs is 1. The van der Waals surface area contributed by atoms with Gasteiger partial charge in [-0.3, -0.25) is 0 Å². The molecule has 3 nitrogen and oxygen atoms in total. The molecule has 0 saturated carbocycles. The minimum atomic E-state index is 0.700. The van der Waals surface area contributed by atoms with Crippen molar-refractivity contribution in [2.45, 2.75) is 26.3 Å². The van der Waals surface area contributed by atoms with Gasteiger partial charge < -0.3 is 10.6 Å². The molecule has 100 valence electrons. The third kappa shape index (κ3) is 2.51. The quantitative estimate of drug-likeness (QED) is 0.934. The molecule has 3 rings (SSSR count). The van der Waals surface area contributed by atoms with Crippen molar-refractivity contribution in [1.29, 1.82) is 0 Å². The van der Waals surface area contributed by atoms with Gasteiger partial charge in [-0.25, -0.2) is 4.98 Å². The summed E-state index contributed by atoms with van der Waals surface area (Å²) in [7, 11) is 0. The van der Waals surface area contributed by atoms with Crippen molar-refractivity contribution in [2.24, 2.45) is 5.73 Å². The highest BCUT2D eigenvalue weighted by Crippen LogP contribution is 2.30. The van der Waals surface area contributed by atoms with Crippen LogP contribution in [0.1, 0.15) is 21.7 Å². The van der Waals surface area contributed by atoms with Crippen LogP contribution in [-0.2, 0) is 19.4 Å². The number of anilines is 1. The van der Waals surface area contributed by atoms with Gasteiger partial charge in [-0.15, -0.1) is 11.3 Å². The summed E-state index contributed by atoms with van der Waals surface area (Å²) < 4.78 is 0. The fourth-order valence-corrected chi connectivity index (χ4v) is 3.67. The highest BCUT2D eigenvalue weighted by Gasteiger charge is 2.19. The van der Waals surface area contributed by atoms with Gasteiger partial charge in [0.15, 0.2) is 5.13 Å². The Hall–Kier alpha value is -1.39. The first-order chi connectivity index (χ1) is 9.28. The zero-order chi connectivity index (χ0) is 13.2. The normalized spacial score (nSPS) is 14.5. The molecular weight excluding hydrogens is 254 g/mol. The number of aromatic nitrogens is 1. The van der Waals surface area contributed by atoms with E-state index in [9.17, 15) is 0 Å². The summed E-state index contributed by atoms with van der Waals surface area (Å²) in [6.45, 7) is 4.82. The first kappa shape index (κ1) is 12.6. The van der Waals surface area contributed by atoms with Crippen molar-refractivity contribution >= 4 is 16.5 Å². The van der Waals surface area contributed by atoms with Crippen LogP contribution in [0.15, 0.2) is 24.3 Å². The van der Waals surface area contributed by atoms with Crippen molar-refractivity contribution in [3.8, 4) is 0 Å². The fraction of sp³-hybridized carbons (Fsp3) is 0.400. The summed E-state index contributed by atoms with van der Waals surface area (Å²) in [5.41, 5.74) is 9.70. The van der Waals surface area contributed by atoms with Crippen molar-refractivity contribution in [3.63, 3.8) is 0 Å². The van der Waals surface area contributed by atoms with Gasteiger partial charge in [-0.1, -0.05) is 24.3 Å². The molecule has 2 heterocycles. The van der Waals surface area contributed by atoms with Gasteiger partial charge in [0.1, 0.15) is 0 Å². The van der Waals surface area contributed by atoms with E-state index in [0.29, 0.717) is 6.54 Å². The molecule has 0 bridgehead atoms. The largest absolute Gasteiger partial charge is 0.343 e. The molecule has 0 unspecified atom stereocenters. The molecular formula is C15H19N3S. The molecule has 1 aliphatic heterocycles. The molecule has 4 heteroatoms. The van der Waals surface area contributed by atoms with E-state index >= 15 is 0 Å². The molecule has 0 spiro atoms. The predicted octanol–water partition coefficient (Wildman–Crippen LogP) is 2.52. The second-order valence-corrected chi connectivity index (χ2v) is 6.05. The number of aryl methyl sites for hydroxylation is 1. The summed E-state index contributed by atoms with van der Waals surface area (Å²) in [5.74, 6) is 0. The van der Waals surface area contributed by atoms with Crippen molar-refractivity contribution in [3.05, 3.63) is 46.0 Å². The van der Waals surface area contributed by atoms with Crippen molar-refractivity contribution in [2.75, 3.05) is 18.0 Å². The number of nitrogens with two attached hydrogens (primary N) is 1. The molecule has 2 aromatic rings. The summed E-state index contributed by atoms with van der Waals surface area (Å²) in [6, 6.07) is 8.71. The van der Waals surface area contributed by atoms with Gasteiger partial charge in [-0.05, 0) is 37.4 Å². The lowest BCUT2D eigenvalue weighted by Crippen LogP contribution is -2.30. The van der Waals surface area contributed by atoms with E-state index < -0.39 is 0 Å². The monoisotopic (exact) mass is 273 g/mol. The highest BCUT2D eigenvalue weighted by atomic mass is 32.1. The Morgan fingerprint density at radius 1 is 1.32 bits per heavy atom.